The van der Waals surface area contributed by atoms with Crippen molar-refractivity contribution in [3.05, 3.63) is 60.7 Å². The van der Waals surface area contributed by atoms with E-state index in [2.05, 4.69) is 34.5 Å². The average molecular weight is 310 g/mol. The van der Waals surface area contributed by atoms with E-state index in [0.29, 0.717) is 12.6 Å². The number of benzene rings is 2. The van der Waals surface area contributed by atoms with Crippen LogP contribution in [0.3, 0.4) is 0 Å². The highest BCUT2D eigenvalue weighted by Crippen LogP contribution is 2.24. The highest BCUT2D eigenvalue weighted by Gasteiger charge is 2.24. The van der Waals surface area contributed by atoms with Gasteiger partial charge in [-0.1, -0.05) is 36.4 Å². The van der Waals surface area contributed by atoms with E-state index in [0.717, 1.165) is 25.1 Å². The highest BCUT2D eigenvalue weighted by molar-refractivity contribution is 5.77. The molecule has 1 heterocycles. The van der Waals surface area contributed by atoms with Crippen molar-refractivity contribution in [2.75, 3.05) is 24.6 Å². The molecule has 1 atom stereocenters. The van der Waals surface area contributed by atoms with E-state index in [1.165, 1.54) is 5.69 Å². The molecule has 1 fully saturated rings. The Morgan fingerprint density at radius 1 is 1.09 bits per heavy atom. The Bertz CT molecular complexity index is 616. The number of nitrogens with one attached hydrogen (secondary N) is 1. The molecule has 0 spiro atoms. The van der Waals surface area contributed by atoms with Crippen molar-refractivity contribution in [3.63, 3.8) is 0 Å². The minimum Gasteiger partial charge on any atom is -0.484 e. The second kappa shape index (κ2) is 7.68. The van der Waals surface area contributed by atoms with Crippen molar-refractivity contribution in [3.8, 4) is 5.75 Å². The molecular formula is C19H22N2O2. The molecule has 0 radical (unpaired) electrons. The van der Waals surface area contributed by atoms with Crippen LogP contribution in [0.2, 0.25) is 0 Å². The molecule has 1 aliphatic rings. The van der Waals surface area contributed by atoms with Crippen molar-refractivity contribution in [1.82, 2.24) is 5.32 Å². The summed E-state index contributed by atoms with van der Waals surface area (Å²) in [6.45, 7) is 1.76. The van der Waals surface area contributed by atoms with Gasteiger partial charge in [0.1, 0.15) is 5.75 Å². The first-order valence-corrected chi connectivity index (χ1v) is 8.09. The molecule has 1 N–H and O–H groups in total. The van der Waals surface area contributed by atoms with E-state index in [-0.39, 0.29) is 12.5 Å². The third-order valence-corrected chi connectivity index (χ3v) is 4.11. The molecule has 4 heteroatoms. The van der Waals surface area contributed by atoms with Crippen molar-refractivity contribution in [1.29, 1.82) is 0 Å². The number of para-hydroxylation sites is 2. The molecule has 0 aromatic heterocycles. The number of carbonyl (C=O) groups excluding carboxylic acids is 1. The Kier molecular flexibility index (Phi) is 5.14. The SMILES string of the molecule is O=C(COc1ccccc1)NCC1CCCN1c1ccccc1. The van der Waals surface area contributed by atoms with Crippen LogP contribution in [0.4, 0.5) is 5.69 Å². The van der Waals surface area contributed by atoms with Crippen LogP contribution in [0.5, 0.6) is 5.75 Å². The molecular weight excluding hydrogens is 288 g/mol. The maximum absolute atomic E-state index is 12.0. The van der Waals surface area contributed by atoms with Crippen LogP contribution in [-0.4, -0.2) is 31.6 Å². The van der Waals surface area contributed by atoms with Gasteiger partial charge in [-0.15, -0.1) is 0 Å². The molecule has 0 bridgehead atoms. The van der Waals surface area contributed by atoms with Gasteiger partial charge >= 0.3 is 0 Å². The molecule has 1 amide bonds. The van der Waals surface area contributed by atoms with Gasteiger partial charge in [-0.05, 0) is 37.1 Å². The molecule has 4 nitrogen and oxygen atoms in total. The lowest BCUT2D eigenvalue weighted by molar-refractivity contribution is -0.123. The van der Waals surface area contributed by atoms with Gasteiger partial charge in [0.2, 0.25) is 0 Å². The summed E-state index contributed by atoms with van der Waals surface area (Å²) in [7, 11) is 0. The fourth-order valence-electron chi connectivity index (χ4n) is 2.96. The maximum Gasteiger partial charge on any atom is 0.258 e. The Morgan fingerprint density at radius 2 is 1.78 bits per heavy atom. The Morgan fingerprint density at radius 3 is 2.52 bits per heavy atom. The van der Waals surface area contributed by atoms with Gasteiger partial charge in [-0.2, -0.15) is 0 Å². The van der Waals surface area contributed by atoms with Crippen LogP contribution in [0, 0.1) is 0 Å². The number of rotatable bonds is 6. The summed E-state index contributed by atoms with van der Waals surface area (Å²) < 4.78 is 5.47. The van der Waals surface area contributed by atoms with Gasteiger partial charge in [0.25, 0.3) is 5.91 Å². The van der Waals surface area contributed by atoms with E-state index < -0.39 is 0 Å². The molecule has 3 rings (SSSR count). The molecule has 1 saturated heterocycles. The molecule has 23 heavy (non-hydrogen) atoms. The number of nitrogens with zero attached hydrogens (tertiary/aromatic N) is 1. The largest absolute Gasteiger partial charge is 0.484 e. The topological polar surface area (TPSA) is 41.6 Å². The highest BCUT2D eigenvalue weighted by atomic mass is 16.5. The van der Waals surface area contributed by atoms with Gasteiger partial charge in [0.05, 0.1) is 0 Å². The smallest absolute Gasteiger partial charge is 0.258 e. The number of ether oxygens (including phenoxy) is 1. The summed E-state index contributed by atoms with van der Waals surface area (Å²) in [6, 6.07) is 20.1. The first kappa shape index (κ1) is 15.4. The Labute approximate surface area is 137 Å². The lowest BCUT2D eigenvalue weighted by atomic mass is 10.2. The zero-order valence-electron chi connectivity index (χ0n) is 13.2. The van der Waals surface area contributed by atoms with E-state index >= 15 is 0 Å². The number of hydrogen-bond acceptors (Lipinski definition) is 3. The summed E-state index contributed by atoms with van der Waals surface area (Å²) in [4.78, 5) is 14.3. The van der Waals surface area contributed by atoms with Crippen molar-refractivity contribution in [2.24, 2.45) is 0 Å². The molecule has 2 aromatic rings. The molecule has 120 valence electrons. The first-order chi connectivity index (χ1) is 11.3. The predicted octanol–water partition coefficient (Wildman–Crippen LogP) is 2.85. The Balaban J connectivity index is 1.46. The van der Waals surface area contributed by atoms with E-state index in [4.69, 9.17) is 4.74 Å². The molecule has 2 aromatic carbocycles. The quantitative estimate of drug-likeness (QED) is 0.892. The predicted molar refractivity (Wildman–Crippen MR) is 91.8 cm³/mol. The van der Waals surface area contributed by atoms with Crippen LogP contribution in [0.25, 0.3) is 0 Å². The van der Waals surface area contributed by atoms with E-state index in [1.54, 1.807) is 0 Å². The fraction of sp³-hybridized carbons (Fsp3) is 0.316. The molecule has 1 aliphatic heterocycles. The molecule has 1 unspecified atom stereocenters. The van der Waals surface area contributed by atoms with Crippen LogP contribution in [-0.2, 0) is 4.79 Å². The minimum atomic E-state index is -0.0752. The second-order valence-electron chi connectivity index (χ2n) is 5.73. The van der Waals surface area contributed by atoms with Crippen molar-refractivity contribution >= 4 is 11.6 Å². The number of carbonyl (C=O) groups is 1. The van der Waals surface area contributed by atoms with E-state index in [1.807, 2.05) is 36.4 Å². The molecule has 0 aliphatic carbocycles. The summed E-state index contributed by atoms with van der Waals surface area (Å²) >= 11 is 0. The van der Waals surface area contributed by atoms with Crippen molar-refractivity contribution < 1.29 is 9.53 Å². The third-order valence-electron chi connectivity index (χ3n) is 4.11. The lowest BCUT2D eigenvalue weighted by Crippen LogP contribution is -2.41. The number of anilines is 1. The van der Waals surface area contributed by atoms with Gasteiger partial charge in [-0.3, -0.25) is 4.79 Å². The van der Waals surface area contributed by atoms with Crippen molar-refractivity contribution in [2.45, 2.75) is 18.9 Å². The van der Waals surface area contributed by atoms with Crippen LogP contribution < -0.4 is 15.0 Å². The minimum absolute atomic E-state index is 0.0576. The summed E-state index contributed by atoms with van der Waals surface area (Å²) in [6.07, 6.45) is 2.27. The van der Waals surface area contributed by atoms with Gasteiger partial charge in [0.15, 0.2) is 6.61 Å². The fourth-order valence-corrected chi connectivity index (χ4v) is 2.96. The summed E-state index contributed by atoms with van der Waals surface area (Å²) in [5, 5.41) is 2.99. The summed E-state index contributed by atoms with van der Waals surface area (Å²) in [5.74, 6) is 0.642. The standard InChI is InChI=1S/C19H22N2O2/c22-19(15-23-18-11-5-2-6-12-18)20-14-17-10-7-13-21(17)16-8-3-1-4-9-16/h1-6,8-9,11-12,17H,7,10,13-15H2,(H,20,22). The monoisotopic (exact) mass is 310 g/mol. The van der Waals surface area contributed by atoms with Gasteiger partial charge < -0.3 is 15.0 Å². The van der Waals surface area contributed by atoms with Gasteiger partial charge in [0, 0.05) is 24.8 Å². The number of hydrogen-bond donors (Lipinski definition) is 1. The summed E-state index contributed by atoms with van der Waals surface area (Å²) in [5.41, 5.74) is 1.23. The first-order valence-electron chi connectivity index (χ1n) is 8.09. The second-order valence-corrected chi connectivity index (χ2v) is 5.73. The van der Waals surface area contributed by atoms with Crippen LogP contribution >= 0.6 is 0 Å². The number of amides is 1. The lowest BCUT2D eigenvalue weighted by Gasteiger charge is -2.27. The zero-order valence-corrected chi connectivity index (χ0v) is 13.2. The third kappa shape index (κ3) is 4.25. The average Bonchev–Trinajstić information content (AvgIpc) is 3.08. The van der Waals surface area contributed by atoms with E-state index in [9.17, 15) is 4.79 Å². The normalized spacial score (nSPS) is 17.0. The maximum atomic E-state index is 12.0. The van der Waals surface area contributed by atoms with Gasteiger partial charge in [-0.25, -0.2) is 0 Å². The molecule has 0 saturated carbocycles. The van der Waals surface area contributed by atoms with Crippen LogP contribution in [0.15, 0.2) is 60.7 Å². The Hall–Kier alpha value is -2.49. The van der Waals surface area contributed by atoms with Crippen LogP contribution in [0.1, 0.15) is 12.8 Å². The zero-order chi connectivity index (χ0) is 15.9.